The molecule has 0 aliphatic heterocycles. The van der Waals surface area contributed by atoms with Crippen molar-refractivity contribution in [1.82, 2.24) is 0 Å². The molecular formula is C13H14. The summed E-state index contributed by atoms with van der Waals surface area (Å²) in [6.45, 7) is 2.26. The molecule has 66 valence electrons. The molecular weight excluding hydrogens is 156 g/mol. The van der Waals surface area contributed by atoms with Crippen molar-refractivity contribution in [1.29, 1.82) is 0 Å². The number of fused-ring (bicyclic) bond motifs is 3. The van der Waals surface area contributed by atoms with Crippen LogP contribution in [0.5, 0.6) is 0 Å². The molecule has 0 spiro atoms. The summed E-state index contributed by atoms with van der Waals surface area (Å²) in [5.74, 6) is 1.75. The van der Waals surface area contributed by atoms with Crippen molar-refractivity contribution in [2.45, 2.75) is 25.7 Å². The van der Waals surface area contributed by atoms with E-state index in [-0.39, 0.29) is 0 Å². The third-order valence-electron chi connectivity index (χ3n) is 3.34. The number of allylic oxidation sites excluding steroid dienone is 2. The molecule has 2 unspecified atom stereocenters. The van der Waals surface area contributed by atoms with Gasteiger partial charge in [0.25, 0.3) is 0 Å². The van der Waals surface area contributed by atoms with Crippen molar-refractivity contribution in [2.75, 3.05) is 0 Å². The zero-order chi connectivity index (χ0) is 8.84. The van der Waals surface area contributed by atoms with Crippen molar-refractivity contribution in [2.24, 2.45) is 5.92 Å². The summed E-state index contributed by atoms with van der Waals surface area (Å²) >= 11 is 0. The third kappa shape index (κ3) is 0.980. The highest BCUT2D eigenvalue weighted by molar-refractivity contribution is 5.72. The lowest BCUT2D eigenvalue weighted by atomic mass is 9.90. The normalized spacial score (nSPS) is 28.8. The average molecular weight is 170 g/mol. The number of hydrogen-bond donors (Lipinski definition) is 0. The third-order valence-corrected chi connectivity index (χ3v) is 3.34. The molecule has 0 heteroatoms. The van der Waals surface area contributed by atoms with Gasteiger partial charge in [0, 0.05) is 0 Å². The Morgan fingerprint density at radius 3 is 3.00 bits per heavy atom. The van der Waals surface area contributed by atoms with Gasteiger partial charge in [0.1, 0.15) is 0 Å². The van der Waals surface area contributed by atoms with Gasteiger partial charge in [-0.05, 0) is 41.4 Å². The molecule has 1 aromatic rings. The van der Waals surface area contributed by atoms with Crippen LogP contribution in [-0.2, 0) is 0 Å². The maximum absolute atomic E-state index is 2.49. The van der Waals surface area contributed by atoms with E-state index < -0.39 is 0 Å². The van der Waals surface area contributed by atoms with Gasteiger partial charge in [0.05, 0.1) is 0 Å². The average Bonchev–Trinajstić information content (AvgIpc) is 2.95. The fourth-order valence-electron chi connectivity index (χ4n) is 2.53. The molecule has 13 heavy (non-hydrogen) atoms. The molecule has 0 aromatic heterocycles. The van der Waals surface area contributed by atoms with Crippen LogP contribution in [0.25, 0.3) is 5.57 Å². The van der Waals surface area contributed by atoms with E-state index in [2.05, 4.69) is 37.3 Å². The van der Waals surface area contributed by atoms with Gasteiger partial charge in [0.15, 0.2) is 0 Å². The summed E-state index contributed by atoms with van der Waals surface area (Å²) in [4.78, 5) is 0. The van der Waals surface area contributed by atoms with Crippen LogP contribution in [0.2, 0.25) is 0 Å². The van der Waals surface area contributed by atoms with Crippen LogP contribution in [0.3, 0.4) is 0 Å². The van der Waals surface area contributed by atoms with Gasteiger partial charge in [-0.3, -0.25) is 0 Å². The number of hydrogen-bond acceptors (Lipinski definition) is 0. The Balaban J connectivity index is 2.18. The summed E-state index contributed by atoms with van der Waals surface area (Å²) < 4.78 is 0. The molecule has 1 aromatic carbocycles. The van der Waals surface area contributed by atoms with Gasteiger partial charge in [-0.25, -0.2) is 0 Å². The Morgan fingerprint density at radius 1 is 1.31 bits per heavy atom. The first kappa shape index (κ1) is 7.37. The van der Waals surface area contributed by atoms with Gasteiger partial charge in [-0.2, -0.15) is 0 Å². The van der Waals surface area contributed by atoms with Crippen LogP contribution in [-0.4, -0.2) is 0 Å². The zero-order valence-corrected chi connectivity index (χ0v) is 7.96. The summed E-state index contributed by atoms with van der Waals surface area (Å²) in [6.07, 6.45) is 5.06. The van der Waals surface area contributed by atoms with Crippen LogP contribution in [0.1, 0.15) is 36.8 Å². The summed E-state index contributed by atoms with van der Waals surface area (Å²) in [7, 11) is 0. The Labute approximate surface area is 79.3 Å². The molecule has 0 bridgehead atoms. The molecule has 0 nitrogen and oxygen atoms in total. The Hall–Kier alpha value is -1.04. The first-order chi connectivity index (χ1) is 6.40. The van der Waals surface area contributed by atoms with Gasteiger partial charge in [-0.15, -0.1) is 0 Å². The van der Waals surface area contributed by atoms with Gasteiger partial charge in [0.2, 0.25) is 0 Å². The Kier molecular flexibility index (Phi) is 1.40. The SMILES string of the molecule is CCC1=CC2CC2c2ccccc21. The van der Waals surface area contributed by atoms with Crippen molar-refractivity contribution < 1.29 is 0 Å². The van der Waals surface area contributed by atoms with Crippen molar-refractivity contribution >= 4 is 5.57 Å². The maximum atomic E-state index is 2.49. The van der Waals surface area contributed by atoms with Crippen molar-refractivity contribution in [3.8, 4) is 0 Å². The topological polar surface area (TPSA) is 0 Å². The summed E-state index contributed by atoms with van der Waals surface area (Å²) in [6, 6.07) is 8.92. The predicted molar refractivity (Wildman–Crippen MR) is 55.6 cm³/mol. The molecule has 2 aliphatic carbocycles. The number of rotatable bonds is 1. The molecule has 1 saturated carbocycles. The largest absolute Gasteiger partial charge is 0.0770 e. The van der Waals surface area contributed by atoms with E-state index in [4.69, 9.17) is 0 Å². The highest BCUT2D eigenvalue weighted by Gasteiger charge is 2.40. The van der Waals surface area contributed by atoms with Crippen LogP contribution in [0.15, 0.2) is 30.3 Å². The molecule has 0 radical (unpaired) electrons. The summed E-state index contributed by atoms with van der Waals surface area (Å²) in [5.41, 5.74) is 4.69. The minimum Gasteiger partial charge on any atom is -0.0770 e. The molecule has 0 N–H and O–H groups in total. The molecule has 0 heterocycles. The minimum atomic E-state index is 0.867. The van der Waals surface area contributed by atoms with Gasteiger partial charge < -0.3 is 0 Å². The van der Waals surface area contributed by atoms with Crippen molar-refractivity contribution in [3.63, 3.8) is 0 Å². The van der Waals surface area contributed by atoms with Gasteiger partial charge >= 0.3 is 0 Å². The van der Waals surface area contributed by atoms with Crippen LogP contribution >= 0.6 is 0 Å². The van der Waals surface area contributed by atoms with Crippen molar-refractivity contribution in [3.05, 3.63) is 41.5 Å². The van der Waals surface area contributed by atoms with E-state index in [1.807, 2.05) is 0 Å². The second-order valence-electron chi connectivity index (χ2n) is 4.14. The minimum absolute atomic E-state index is 0.867. The zero-order valence-electron chi connectivity index (χ0n) is 7.96. The second kappa shape index (κ2) is 2.47. The van der Waals surface area contributed by atoms with E-state index in [9.17, 15) is 0 Å². The quantitative estimate of drug-likeness (QED) is 0.604. The first-order valence-electron chi connectivity index (χ1n) is 5.20. The second-order valence-corrected chi connectivity index (χ2v) is 4.14. The monoisotopic (exact) mass is 170 g/mol. The van der Waals surface area contributed by atoms with Crippen LogP contribution in [0, 0.1) is 5.92 Å². The molecule has 2 aliphatic rings. The highest BCUT2D eigenvalue weighted by Crippen LogP contribution is 2.54. The molecule has 2 atom stereocenters. The fourth-order valence-corrected chi connectivity index (χ4v) is 2.53. The molecule has 1 fully saturated rings. The Morgan fingerprint density at radius 2 is 2.15 bits per heavy atom. The lowest BCUT2D eigenvalue weighted by molar-refractivity contribution is 0.971. The predicted octanol–water partition coefficient (Wildman–Crippen LogP) is 3.60. The lowest BCUT2D eigenvalue weighted by Gasteiger charge is -2.15. The van der Waals surface area contributed by atoms with E-state index in [1.54, 1.807) is 11.1 Å². The van der Waals surface area contributed by atoms with Gasteiger partial charge in [-0.1, -0.05) is 37.3 Å². The molecule has 3 rings (SSSR count). The van der Waals surface area contributed by atoms with E-state index in [0.29, 0.717) is 0 Å². The van der Waals surface area contributed by atoms with Crippen LogP contribution in [0.4, 0.5) is 0 Å². The smallest absolute Gasteiger partial charge is 0.00867 e. The Bertz CT molecular complexity index is 373. The van der Waals surface area contributed by atoms with Crippen LogP contribution < -0.4 is 0 Å². The number of benzene rings is 1. The molecule has 0 saturated heterocycles. The lowest BCUT2D eigenvalue weighted by Crippen LogP contribution is -1.97. The maximum Gasteiger partial charge on any atom is -0.00867 e. The van der Waals surface area contributed by atoms with E-state index in [1.165, 1.54) is 18.4 Å². The molecule has 0 amide bonds. The highest BCUT2D eigenvalue weighted by atomic mass is 14.4. The summed E-state index contributed by atoms with van der Waals surface area (Å²) in [5, 5.41) is 0. The van der Waals surface area contributed by atoms with E-state index >= 15 is 0 Å². The fraction of sp³-hybridized carbons (Fsp3) is 0.385. The standard InChI is InChI=1S/C13H14/c1-2-9-7-10-8-13(10)12-6-4-3-5-11(9)12/h3-7,10,13H,2,8H2,1H3. The first-order valence-corrected chi connectivity index (χ1v) is 5.20. The van der Waals surface area contributed by atoms with E-state index in [0.717, 1.165) is 11.8 Å².